The standard InChI is InChI=1S/C15H29N3O/c1-4-6-7-13-15(19)18(14(5-2)16-13)11-12-8-9-17(3)10-12/h12-14,16H,4-11H2,1-3H3. The smallest absolute Gasteiger partial charge is 0.241 e. The van der Waals surface area contributed by atoms with E-state index in [0.29, 0.717) is 11.8 Å². The SMILES string of the molecule is CCCCC1NC(CC)N(CC2CCN(C)C2)C1=O. The monoisotopic (exact) mass is 267 g/mol. The first-order valence-electron chi connectivity index (χ1n) is 7.90. The van der Waals surface area contributed by atoms with Gasteiger partial charge in [0.1, 0.15) is 0 Å². The van der Waals surface area contributed by atoms with Gasteiger partial charge in [0.05, 0.1) is 12.2 Å². The summed E-state index contributed by atoms with van der Waals surface area (Å²) in [6.45, 7) is 7.61. The molecule has 2 saturated heterocycles. The highest BCUT2D eigenvalue weighted by Gasteiger charge is 2.38. The maximum atomic E-state index is 12.5. The lowest BCUT2D eigenvalue weighted by atomic mass is 10.1. The van der Waals surface area contributed by atoms with Gasteiger partial charge in [-0.2, -0.15) is 0 Å². The molecule has 0 spiro atoms. The Morgan fingerprint density at radius 2 is 2.16 bits per heavy atom. The number of carbonyl (C=O) groups is 1. The highest BCUT2D eigenvalue weighted by atomic mass is 16.2. The molecule has 19 heavy (non-hydrogen) atoms. The van der Waals surface area contributed by atoms with Crippen LogP contribution in [-0.4, -0.2) is 54.6 Å². The first-order chi connectivity index (χ1) is 9.15. The van der Waals surface area contributed by atoms with Gasteiger partial charge >= 0.3 is 0 Å². The van der Waals surface area contributed by atoms with Gasteiger partial charge in [0, 0.05) is 13.1 Å². The summed E-state index contributed by atoms with van der Waals surface area (Å²) in [5.41, 5.74) is 0. The van der Waals surface area contributed by atoms with Crippen molar-refractivity contribution >= 4 is 5.91 Å². The highest BCUT2D eigenvalue weighted by Crippen LogP contribution is 2.22. The quantitative estimate of drug-likeness (QED) is 0.795. The number of likely N-dealkylation sites (tertiary alicyclic amines) is 1. The number of hydrogen-bond acceptors (Lipinski definition) is 3. The summed E-state index contributed by atoms with van der Waals surface area (Å²) in [7, 11) is 2.17. The molecule has 4 nitrogen and oxygen atoms in total. The molecule has 2 rings (SSSR count). The maximum absolute atomic E-state index is 12.5. The lowest BCUT2D eigenvalue weighted by Gasteiger charge is -2.26. The molecule has 2 aliphatic heterocycles. The zero-order valence-electron chi connectivity index (χ0n) is 12.7. The van der Waals surface area contributed by atoms with Crippen LogP contribution in [0.5, 0.6) is 0 Å². The van der Waals surface area contributed by atoms with Gasteiger partial charge in [-0.15, -0.1) is 0 Å². The minimum absolute atomic E-state index is 0.0732. The summed E-state index contributed by atoms with van der Waals surface area (Å²) in [6, 6.07) is 0.0732. The first-order valence-corrected chi connectivity index (χ1v) is 7.90. The van der Waals surface area contributed by atoms with E-state index in [1.165, 1.54) is 13.0 Å². The lowest BCUT2D eigenvalue weighted by molar-refractivity contribution is -0.130. The number of hydrogen-bond donors (Lipinski definition) is 1. The van der Waals surface area contributed by atoms with Crippen molar-refractivity contribution in [3.63, 3.8) is 0 Å². The third-order valence-electron chi connectivity index (χ3n) is 4.53. The largest absolute Gasteiger partial charge is 0.325 e. The summed E-state index contributed by atoms with van der Waals surface area (Å²) < 4.78 is 0. The van der Waals surface area contributed by atoms with Gasteiger partial charge in [-0.25, -0.2) is 0 Å². The van der Waals surface area contributed by atoms with Crippen LogP contribution in [-0.2, 0) is 4.79 Å². The Labute approximate surface area is 117 Å². The minimum atomic E-state index is 0.0732. The van der Waals surface area contributed by atoms with Gasteiger partial charge in [-0.05, 0) is 38.8 Å². The molecule has 2 heterocycles. The summed E-state index contributed by atoms with van der Waals surface area (Å²) in [4.78, 5) is 17.0. The van der Waals surface area contributed by atoms with Crippen molar-refractivity contribution in [3.05, 3.63) is 0 Å². The summed E-state index contributed by atoms with van der Waals surface area (Å²) in [5, 5.41) is 3.52. The van der Waals surface area contributed by atoms with Gasteiger partial charge in [-0.1, -0.05) is 26.7 Å². The predicted molar refractivity (Wildman–Crippen MR) is 77.8 cm³/mol. The zero-order chi connectivity index (χ0) is 13.8. The van der Waals surface area contributed by atoms with Crippen LogP contribution in [0.3, 0.4) is 0 Å². The normalized spacial score (nSPS) is 32.5. The fourth-order valence-corrected chi connectivity index (χ4v) is 3.37. The van der Waals surface area contributed by atoms with E-state index in [1.807, 2.05) is 0 Å². The second-order valence-electron chi connectivity index (χ2n) is 6.19. The second-order valence-corrected chi connectivity index (χ2v) is 6.19. The van der Waals surface area contributed by atoms with E-state index >= 15 is 0 Å². The van der Waals surface area contributed by atoms with Gasteiger partial charge in [0.25, 0.3) is 0 Å². The molecular weight excluding hydrogens is 238 g/mol. The van der Waals surface area contributed by atoms with Crippen molar-refractivity contribution in [1.29, 1.82) is 0 Å². The number of nitrogens with zero attached hydrogens (tertiary/aromatic N) is 2. The van der Waals surface area contributed by atoms with Crippen LogP contribution < -0.4 is 5.32 Å². The van der Waals surface area contributed by atoms with Crippen LogP contribution in [0.15, 0.2) is 0 Å². The molecule has 0 aromatic heterocycles. The van der Waals surface area contributed by atoms with Crippen molar-refractivity contribution in [2.24, 2.45) is 5.92 Å². The molecule has 2 aliphatic rings. The molecule has 1 amide bonds. The van der Waals surface area contributed by atoms with Crippen LogP contribution in [0.2, 0.25) is 0 Å². The van der Waals surface area contributed by atoms with E-state index in [9.17, 15) is 4.79 Å². The number of rotatable bonds is 6. The van der Waals surface area contributed by atoms with Crippen molar-refractivity contribution in [2.45, 2.75) is 58.2 Å². The van der Waals surface area contributed by atoms with Crippen LogP contribution in [0.25, 0.3) is 0 Å². The summed E-state index contributed by atoms with van der Waals surface area (Å²) in [6.07, 6.45) is 5.80. The lowest BCUT2D eigenvalue weighted by Crippen LogP contribution is -2.40. The maximum Gasteiger partial charge on any atom is 0.241 e. The van der Waals surface area contributed by atoms with Crippen molar-refractivity contribution in [1.82, 2.24) is 15.1 Å². The number of carbonyl (C=O) groups excluding carboxylic acids is 1. The Hall–Kier alpha value is -0.610. The Morgan fingerprint density at radius 3 is 2.74 bits per heavy atom. The number of amides is 1. The zero-order valence-corrected chi connectivity index (χ0v) is 12.7. The highest BCUT2D eigenvalue weighted by molar-refractivity contribution is 5.84. The molecule has 3 unspecified atom stereocenters. The van der Waals surface area contributed by atoms with E-state index in [0.717, 1.165) is 38.8 Å². The number of unbranched alkanes of at least 4 members (excludes halogenated alkanes) is 1. The van der Waals surface area contributed by atoms with Crippen LogP contribution >= 0.6 is 0 Å². The van der Waals surface area contributed by atoms with Gasteiger partial charge < -0.3 is 9.80 Å². The first kappa shape index (κ1) is 14.8. The molecule has 0 aromatic rings. The van der Waals surface area contributed by atoms with E-state index in [-0.39, 0.29) is 12.2 Å². The second kappa shape index (κ2) is 6.71. The minimum Gasteiger partial charge on any atom is -0.325 e. The van der Waals surface area contributed by atoms with Gasteiger partial charge in [0.15, 0.2) is 0 Å². The molecule has 0 radical (unpaired) electrons. The fourth-order valence-electron chi connectivity index (χ4n) is 3.37. The molecule has 0 saturated carbocycles. The van der Waals surface area contributed by atoms with Crippen molar-refractivity contribution < 1.29 is 4.79 Å². The van der Waals surface area contributed by atoms with E-state index in [2.05, 4.69) is 36.0 Å². The van der Waals surface area contributed by atoms with Crippen LogP contribution in [0, 0.1) is 5.92 Å². The van der Waals surface area contributed by atoms with Crippen LogP contribution in [0.1, 0.15) is 46.0 Å². The summed E-state index contributed by atoms with van der Waals surface area (Å²) >= 11 is 0. The van der Waals surface area contributed by atoms with Crippen LogP contribution in [0.4, 0.5) is 0 Å². The molecule has 2 fully saturated rings. The molecule has 1 N–H and O–H groups in total. The molecule has 3 atom stereocenters. The predicted octanol–water partition coefficient (Wildman–Crippen LogP) is 1.66. The third-order valence-corrected chi connectivity index (χ3v) is 4.53. The molecule has 4 heteroatoms. The van der Waals surface area contributed by atoms with E-state index < -0.39 is 0 Å². The van der Waals surface area contributed by atoms with Gasteiger partial charge in [0.2, 0.25) is 5.91 Å². The third kappa shape index (κ3) is 3.48. The Kier molecular flexibility index (Phi) is 5.22. The fraction of sp³-hybridized carbons (Fsp3) is 0.933. The Bertz CT molecular complexity index is 308. The molecule has 0 bridgehead atoms. The topological polar surface area (TPSA) is 35.6 Å². The van der Waals surface area contributed by atoms with Crippen molar-refractivity contribution in [3.8, 4) is 0 Å². The molecule has 0 aromatic carbocycles. The number of nitrogens with one attached hydrogen (secondary N) is 1. The van der Waals surface area contributed by atoms with E-state index in [1.54, 1.807) is 0 Å². The Balaban J connectivity index is 1.91. The molecule has 0 aliphatic carbocycles. The average molecular weight is 267 g/mol. The van der Waals surface area contributed by atoms with Crippen molar-refractivity contribution in [2.75, 3.05) is 26.7 Å². The molecular formula is C15H29N3O. The van der Waals surface area contributed by atoms with Gasteiger partial charge in [-0.3, -0.25) is 10.1 Å². The average Bonchev–Trinajstić information content (AvgIpc) is 2.93. The van der Waals surface area contributed by atoms with E-state index in [4.69, 9.17) is 0 Å². The molecule has 110 valence electrons. The Morgan fingerprint density at radius 1 is 1.37 bits per heavy atom. The summed E-state index contributed by atoms with van der Waals surface area (Å²) in [5.74, 6) is 1.00.